The number of thioether (sulfide) groups is 1. The third kappa shape index (κ3) is 4.73. The van der Waals surface area contributed by atoms with E-state index in [-0.39, 0.29) is 11.7 Å². The molecule has 0 saturated heterocycles. The predicted octanol–water partition coefficient (Wildman–Crippen LogP) is 5.24. The van der Waals surface area contributed by atoms with Crippen molar-refractivity contribution in [1.82, 2.24) is 10.4 Å². The Bertz CT molecular complexity index is 923. The zero-order valence-electron chi connectivity index (χ0n) is 13.1. The first-order valence-corrected chi connectivity index (χ1v) is 9.85. The van der Waals surface area contributed by atoms with Gasteiger partial charge in [0.1, 0.15) is 0 Å². The van der Waals surface area contributed by atoms with Crippen LogP contribution in [-0.4, -0.2) is 22.4 Å². The summed E-state index contributed by atoms with van der Waals surface area (Å²) in [4.78, 5) is 16.5. The number of carbonyl (C=O) groups excluding carboxylic acids is 1. The monoisotopic (exact) mass is 409 g/mol. The number of para-hydroxylation sites is 1. The average Bonchev–Trinajstić information content (AvgIpc) is 3.01. The molecule has 0 radical (unpaired) electrons. The van der Waals surface area contributed by atoms with E-state index in [1.54, 1.807) is 36.5 Å². The van der Waals surface area contributed by atoms with Crippen molar-refractivity contribution in [3.8, 4) is 0 Å². The molecular formula is C17H13Cl2N3OS2. The molecule has 3 rings (SSSR count). The Kier molecular flexibility index (Phi) is 5.96. The Morgan fingerprint density at radius 3 is 2.84 bits per heavy atom. The van der Waals surface area contributed by atoms with Crippen molar-refractivity contribution in [3.63, 3.8) is 0 Å². The average molecular weight is 410 g/mol. The number of thiazole rings is 1. The third-order valence-corrected chi connectivity index (χ3v) is 6.00. The molecule has 4 nitrogen and oxygen atoms in total. The molecule has 0 spiro atoms. The van der Waals surface area contributed by atoms with Gasteiger partial charge in [-0.05, 0) is 31.2 Å². The van der Waals surface area contributed by atoms with E-state index in [0.29, 0.717) is 15.8 Å². The van der Waals surface area contributed by atoms with Crippen molar-refractivity contribution in [2.45, 2.75) is 11.3 Å². The van der Waals surface area contributed by atoms with Gasteiger partial charge in [0.25, 0.3) is 5.91 Å². The molecule has 1 N–H and O–H groups in total. The van der Waals surface area contributed by atoms with Gasteiger partial charge in [0, 0.05) is 10.6 Å². The Hall–Kier alpha value is -1.60. The van der Waals surface area contributed by atoms with Gasteiger partial charge >= 0.3 is 0 Å². The first-order valence-electron chi connectivity index (χ1n) is 7.30. The number of carbonyl (C=O) groups is 1. The molecule has 1 aromatic heterocycles. The maximum atomic E-state index is 12.0. The van der Waals surface area contributed by atoms with E-state index in [0.717, 1.165) is 20.1 Å². The molecule has 0 aliphatic carbocycles. The lowest BCUT2D eigenvalue weighted by Crippen LogP contribution is -2.21. The van der Waals surface area contributed by atoms with E-state index in [4.69, 9.17) is 23.2 Å². The van der Waals surface area contributed by atoms with Gasteiger partial charge in [-0.15, -0.1) is 11.3 Å². The van der Waals surface area contributed by atoms with Crippen LogP contribution in [0.5, 0.6) is 0 Å². The van der Waals surface area contributed by atoms with Crippen LogP contribution in [0.4, 0.5) is 0 Å². The lowest BCUT2D eigenvalue weighted by molar-refractivity contribution is -0.118. The van der Waals surface area contributed by atoms with E-state index in [1.807, 2.05) is 24.3 Å². The topological polar surface area (TPSA) is 54.4 Å². The fraction of sp³-hybridized carbons (Fsp3) is 0.118. The Labute approximate surface area is 163 Å². The molecule has 0 fully saturated rings. The first kappa shape index (κ1) is 18.2. The van der Waals surface area contributed by atoms with Gasteiger partial charge in [0.05, 0.1) is 26.7 Å². The summed E-state index contributed by atoms with van der Waals surface area (Å²) in [7, 11) is 0. The van der Waals surface area contributed by atoms with Crippen LogP contribution in [0.25, 0.3) is 10.2 Å². The number of rotatable bonds is 5. The smallest absolute Gasteiger partial charge is 0.250 e. The minimum absolute atomic E-state index is 0.200. The summed E-state index contributed by atoms with van der Waals surface area (Å²) in [5, 5.41) is 5.15. The van der Waals surface area contributed by atoms with Crippen molar-refractivity contribution in [3.05, 3.63) is 58.1 Å². The summed E-state index contributed by atoms with van der Waals surface area (Å²) in [6.45, 7) is 1.77. The van der Waals surface area contributed by atoms with Gasteiger partial charge in [-0.1, -0.05) is 53.2 Å². The second-order valence-electron chi connectivity index (χ2n) is 5.09. The number of amides is 1. The predicted molar refractivity (Wildman–Crippen MR) is 107 cm³/mol. The molecular weight excluding hydrogens is 397 g/mol. The van der Waals surface area contributed by atoms with Crippen LogP contribution >= 0.6 is 46.3 Å². The molecule has 0 saturated carbocycles. The zero-order chi connectivity index (χ0) is 17.8. The number of benzene rings is 2. The van der Waals surface area contributed by atoms with Gasteiger partial charge in [0.15, 0.2) is 4.34 Å². The molecule has 0 unspecified atom stereocenters. The molecule has 1 heterocycles. The van der Waals surface area contributed by atoms with Crippen molar-refractivity contribution < 1.29 is 4.79 Å². The number of aromatic nitrogens is 1. The van der Waals surface area contributed by atoms with E-state index >= 15 is 0 Å². The minimum Gasteiger partial charge on any atom is -0.272 e. The zero-order valence-corrected chi connectivity index (χ0v) is 16.3. The highest BCUT2D eigenvalue weighted by Gasteiger charge is 2.08. The van der Waals surface area contributed by atoms with Crippen molar-refractivity contribution in [2.24, 2.45) is 5.10 Å². The molecule has 0 bridgehead atoms. The Balaban J connectivity index is 1.58. The second-order valence-corrected chi connectivity index (χ2v) is 8.19. The fourth-order valence-corrected chi connectivity index (χ4v) is 4.47. The highest BCUT2D eigenvalue weighted by molar-refractivity contribution is 8.01. The normalized spacial score (nSPS) is 11.7. The van der Waals surface area contributed by atoms with Crippen molar-refractivity contribution in [2.75, 3.05) is 5.75 Å². The third-order valence-electron chi connectivity index (χ3n) is 3.27. The lowest BCUT2D eigenvalue weighted by Gasteiger charge is -2.05. The summed E-state index contributed by atoms with van der Waals surface area (Å²) in [5.41, 5.74) is 4.82. The number of nitrogens with zero attached hydrogens (tertiary/aromatic N) is 2. The lowest BCUT2D eigenvalue weighted by atomic mass is 10.1. The largest absolute Gasteiger partial charge is 0.272 e. The summed E-state index contributed by atoms with van der Waals surface area (Å²) >= 11 is 15.0. The van der Waals surface area contributed by atoms with Crippen LogP contribution in [-0.2, 0) is 4.79 Å². The summed E-state index contributed by atoms with van der Waals surface area (Å²) < 4.78 is 1.97. The summed E-state index contributed by atoms with van der Waals surface area (Å²) in [6, 6.07) is 13.0. The van der Waals surface area contributed by atoms with Gasteiger partial charge in [-0.25, -0.2) is 10.4 Å². The molecule has 0 aliphatic rings. The second kappa shape index (κ2) is 8.19. The van der Waals surface area contributed by atoms with Crippen LogP contribution in [0.15, 0.2) is 51.9 Å². The summed E-state index contributed by atoms with van der Waals surface area (Å²) in [6.07, 6.45) is 0. The van der Waals surface area contributed by atoms with Crippen LogP contribution in [0.2, 0.25) is 10.0 Å². The molecule has 25 heavy (non-hydrogen) atoms. The molecule has 128 valence electrons. The fourth-order valence-electron chi connectivity index (χ4n) is 2.06. The number of nitrogens with one attached hydrogen (secondary N) is 1. The van der Waals surface area contributed by atoms with E-state index < -0.39 is 0 Å². The molecule has 3 aromatic rings. The molecule has 2 aromatic carbocycles. The van der Waals surface area contributed by atoms with Crippen molar-refractivity contribution >= 4 is 68.1 Å². The molecule has 8 heteroatoms. The van der Waals surface area contributed by atoms with Gasteiger partial charge in [-0.3, -0.25) is 4.79 Å². The number of hydrogen-bond acceptors (Lipinski definition) is 5. The molecule has 1 amide bonds. The highest BCUT2D eigenvalue weighted by Crippen LogP contribution is 2.29. The molecule has 0 aliphatic heterocycles. The van der Waals surface area contributed by atoms with Crippen LogP contribution in [0.1, 0.15) is 12.5 Å². The van der Waals surface area contributed by atoms with Crippen LogP contribution < -0.4 is 5.43 Å². The number of hydrazone groups is 1. The van der Waals surface area contributed by atoms with Gasteiger partial charge in [-0.2, -0.15) is 5.10 Å². The molecule has 0 atom stereocenters. The summed E-state index contributed by atoms with van der Waals surface area (Å²) in [5.74, 6) is 0.0407. The number of fused-ring (bicyclic) bond motifs is 1. The first-order chi connectivity index (χ1) is 12.0. The number of hydrogen-bond donors (Lipinski definition) is 1. The van der Waals surface area contributed by atoms with E-state index in [9.17, 15) is 4.79 Å². The minimum atomic E-state index is -0.200. The maximum absolute atomic E-state index is 12.0. The highest BCUT2D eigenvalue weighted by atomic mass is 35.5. The van der Waals surface area contributed by atoms with Crippen LogP contribution in [0.3, 0.4) is 0 Å². The van der Waals surface area contributed by atoms with Gasteiger partial charge < -0.3 is 0 Å². The SMILES string of the molecule is CC(=NNC(=O)CSc1nc2ccccc2s1)c1ccc(Cl)cc1Cl. The quantitative estimate of drug-likeness (QED) is 0.356. The van der Waals surface area contributed by atoms with Gasteiger partial charge in [0.2, 0.25) is 0 Å². The Morgan fingerprint density at radius 1 is 1.28 bits per heavy atom. The van der Waals surface area contributed by atoms with Crippen LogP contribution in [0, 0.1) is 0 Å². The van der Waals surface area contributed by atoms with E-state index in [2.05, 4.69) is 15.5 Å². The van der Waals surface area contributed by atoms with Crippen molar-refractivity contribution in [1.29, 1.82) is 0 Å². The maximum Gasteiger partial charge on any atom is 0.250 e. The van der Waals surface area contributed by atoms with E-state index in [1.165, 1.54) is 11.8 Å². The standard InChI is InChI=1S/C17H13Cl2N3OS2/c1-10(12-7-6-11(18)8-13(12)19)21-22-16(23)9-24-17-20-14-4-2-3-5-15(14)25-17/h2-8H,9H2,1H3,(H,22,23). The Morgan fingerprint density at radius 2 is 2.08 bits per heavy atom. The number of halogens is 2.